The lowest BCUT2D eigenvalue weighted by Crippen LogP contribution is -2.54. The number of nitrogens with zero attached hydrogens (tertiary/aromatic N) is 1. The molecule has 0 bridgehead atoms. The van der Waals surface area contributed by atoms with Crippen LogP contribution in [0.2, 0.25) is 0 Å². The Balaban J connectivity index is 2.23. The molecular formula is C26H33N3O3. The smallest absolute Gasteiger partial charge is 0.152 e. The van der Waals surface area contributed by atoms with Gasteiger partial charge in [0.25, 0.3) is 0 Å². The summed E-state index contributed by atoms with van der Waals surface area (Å²) in [4.78, 5) is 23.4. The normalized spacial score (nSPS) is 22.6. The van der Waals surface area contributed by atoms with Crippen molar-refractivity contribution in [2.45, 2.75) is 65.1 Å². The monoisotopic (exact) mass is 435 g/mol. The van der Waals surface area contributed by atoms with Gasteiger partial charge in [0, 0.05) is 11.3 Å². The number of aliphatic hydroxyl groups is 1. The van der Waals surface area contributed by atoms with E-state index < -0.39 is 11.8 Å². The Bertz CT molecular complexity index is 1080. The fourth-order valence-electron chi connectivity index (χ4n) is 4.76. The highest BCUT2D eigenvalue weighted by molar-refractivity contribution is 5.92. The van der Waals surface area contributed by atoms with E-state index in [1.54, 1.807) is 19.2 Å². The molecule has 0 saturated heterocycles. The van der Waals surface area contributed by atoms with Crippen molar-refractivity contribution >= 4 is 23.2 Å². The summed E-state index contributed by atoms with van der Waals surface area (Å²) in [5.41, 5.74) is 5.58. The van der Waals surface area contributed by atoms with E-state index in [1.165, 1.54) is 6.92 Å². The molecule has 0 amide bonds. The summed E-state index contributed by atoms with van der Waals surface area (Å²) in [5.74, 6) is -0.0328. The van der Waals surface area contributed by atoms with Crippen LogP contribution in [0.15, 0.2) is 35.5 Å². The topological polar surface area (TPSA) is 90.8 Å². The molecule has 0 fully saturated rings. The minimum atomic E-state index is -1.24. The van der Waals surface area contributed by atoms with Gasteiger partial charge in [-0.25, -0.2) is 0 Å². The van der Waals surface area contributed by atoms with Crippen molar-refractivity contribution in [2.24, 2.45) is 5.18 Å². The number of carbonyl (C=O) groups is 1. The molecule has 2 aromatic rings. The molecule has 1 aliphatic carbocycles. The number of anilines is 1. The van der Waals surface area contributed by atoms with Crippen LogP contribution in [0.4, 0.5) is 11.4 Å². The van der Waals surface area contributed by atoms with E-state index in [0.29, 0.717) is 12.1 Å². The third-order valence-electron chi connectivity index (χ3n) is 6.76. The zero-order chi connectivity index (χ0) is 23.6. The molecule has 0 saturated carbocycles. The maximum Gasteiger partial charge on any atom is 0.152 e. The predicted molar refractivity (Wildman–Crippen MR) is 130 cm³/mol. The largest absolute Gasteiger partial charge is 0.374 e. The van der Waals surface area contributed by atoms with Crippen LogP contribution in [0.3, 0.4) is 0 Å². The molecule has 0 spiro atoms. The number of nitrogens with one attached hydrogen (secondary N) is 2. The van der Waals surface area contributed by atoms with Crippen molar-refractivity contribution in [3.8, 4) is 0 Å². The number of hydrogen-bond acceptors (Lipinski definition) is 6. The summed E-state index contributed by atoms with van der Waals surface area (Å²) < 4.78 is 0. The van der Waals surface area contributed by atoms with E-state index in [4.69, 9.17) is 0 Å². The summed E-state index contributed by atoms with van der Waals surface area (Å²) in [6.45, 7) is 9.45. The van der Waals surface area contributed by atoms with Crippen molar-refractivity contribution in [3.05, 3.63) is 68.6 Å². The molecule has 3 atom stereocenters. The van der Waals surface area contributed by atoms with Crippen LogP contribution in [0.5, 0.6) is 0 Å². The van der Waals surface area contributed by atoms with Gasteiger partial charge < -0.3 is 10.4 Å². The molecule has 0 heterocycles. The van der Waals surface area contributed by atoms with Crippen molar-refractivity contribution in [1.82, 2.24) is 5.32 Å². The number of aryl methyl sites for hydroxylation is 2. The molecule has 3 rings (SSSR count). The summed E-state index contributed by atoms with van der Waals surface area (Å²) >= 11 is 0. The molecule has 0 aliphatic heterocycles. The van der Waals surface area contributed by atoms with Crippen molar-refractivity contribution in [1.29, 1.82) is 0 Å². The molecular weight excluding hydrogens is 402 g/mol. The third kappa shape index (κ3) is 4.25. The first-order valence-corrected chi connectivity index (χ1v) is 11.1. The number of ketones is 1. The van der Waals surface area contributed by atoms with Gasteiger partial charge in [-0.1, -0.05) is 25.1 Å². The average molecular weight is 436 g/mol. The van der Waals surface area contributed by atoms with Crippen LogP contribution < -0.4 is 10.6 Å². The van der Waals surface area contributed by atoms with Crippen LogP contribution in [0, 0.1) is 25.7 Å². The molecule has 170 valence electrons. The SMILES string of the molecule is CC[C@H]1C[C@](O)(NC)C(Nc2cccc(C)c2/C=C\C(C)=O)c2cc(C)c(C)c(N=O)c21. The standard InChI is InChI=1S/C26H33N3O3/c1-7-19-14-26(31,27-6)25(21-13-16(3)18(5)24(29-32)23(19)21)28-22-10-8-9-15(2)20(22)12-11-17(4)30/h8-13,19,25,27-28,31H,7,14H2,1-6H3/b12-11-/t19-,25?,26+/m0/s1. The fraction of sp³-hybridized carbons (Fsp3) is 0.423. The number of rotatable bonds is 7. The lowest BCUT2D eigenvalue weighted by atomic mass is 9.71. The Morgan fingerprint density at radius 2 is 2.00 bits per heavy atom. The van der Waals surface area contributed by atoms with Crippen molar-refractivity contribution in [3.63, 3.8) is 0 Å². The Morgan fingerprint density at radius 1 is 1.28 bits per heavy atom. The van der Waals surface area contributed by atoms with Gasteiger partial charge in [-0.15, -0.1) is 4.91 Å². The summed E-state index contributed by atoms with van der Waals surface area (Å²) in [7, 11) is 1.75. The van der Waals surface area contributed by atoms with Gasteiger partial charge in [-0.2, -0.15) is 0 Å². The van der Waals surface area contributed by atoms with Gasteiger partial charge in [-0.3, -0.25) is 10.1 Å². The highest BCUT2D eigenvalue weighted by Crippen LogP contribution is 2.50. The number of fused-ring (bicyclic) bond motifs is 1. The van der Waals surface area contributed by atoms with E-state index in [9.17, 15) is 14.8 Å². The molecule has 0 aromatic heterocycles. The van der Waals surface area contributed by atoms with Gasteiger partial charge in [0.05, 0.1) is 6.04 Å². The second kappa shape index (κ2) is 9.35. The molecule has 1 aliphatic rings. The summed E-state index contributed by atoms with van der Waals surface area (Å²) in [6, 6.07) is 7.41. The second-order valence-corrected chi connectivity index (χ2v) is 8.80. The first-order chi connectivity index (χ1) is 15.2. The molecule has 6 nitrogen and oxygen atoms in total. The van der Waals surface area contributed by atoms with Crippen molar-refractivity contribution in [2.75, 3.05) is 12.4 Å². The first kappa shape index (κ1) is 23.8. The Morgan fingerprint density at radius 3 is 2.59 bits per heavy atom. The van der Waals surface area contributed by atoms with Gasteiger partial charge in [0.15, 0.2) is 5.78 Å². The molecule has 32 heavy (non-hydrogen) atoms. The van der Waals surface area contributed by atoms with Crippen LogP contribution >= 0.6 is 0 Å². The zero-order valence-corrected chi connectivity index (χ0v) is 19.7. The lowest BCUT2D eigenvalue weighted by Gasteiger charge is -2.45. The predicted octanol–water partition coefficient (Wildman–Crippen LogP) is 5.57. The number of nitroso groups, excluding NO2 is 1. The van der Waals surface area contributed by atoms with E-state index >= 15 is 0 Å². The van der Waals surface area contributed by atoms with E-state index in [2.05, 4.69) is 28.8 Å². The maximum absolute atomic E-state index is 11.9. The fourth-order valence-corrected chi connectivity index (χ4v) is 4.76. The van der Waals surface area contributed by atoms with Crippen LogP contribution in [0.25, 0.3) is 6.08 Å². The Kier molecular flexibility index (Phi) is 6.96. The number of benzene rings is 2. The molecule has 3 N–H and O–H groups in total. The van der Waals surface area contributed by atoms with Crippen LogP contribution in [0.1, 0.15) is 72.0 Å². The number of allylic oxidation sites excluding steroid dienone is 1. The molecule has 6 heteroatoms. The Labute approximate surface area is 190 Å². The number of likely N-dealkylation sites (N-methyl/N-ethyl adjacent to an activating group) is 1. The molecule has 0 radical (unpaired) electrons. The molecule has 2 aromatic carbocycles. The van der Waals surface area contributed by atoms with Crippen LogP contribution in [-0.2, 0) is 4.79 Å². The van der Waals surface area contributed by atoms with Gasteiger partial charge in [0.1, 0.15) is 11.4 Å². The third-order valence-corrected chi connectivity index (χ3v) is 6.76. The number of carbonyl (C=O) groups excluding carboxylic acids is 1. The summed E-state index contributed by atoms with van der Waals surface area (Å²) in [6.07, 6.45) is 4.57. The van der Waals surface area contributed by atoms with E-state index in [-0.39, 0.29) is 11.7 Å². The minimum Gasteiger partial charge on any atom is -0.374 e. The van der Waals surface area contributed by atoms with E-state index in [1.807, 2.05) is 39.0 Å². The van der Waals surface area contributed by atoms with Crippen molar-refractivity contribution < 1.29 is 9.90 Å². The maximum atomic E-state index is 11.9. The first-order valence-electron chi connectivity index (χ1n) is 11.1. The highest BCUT2D eigenvalue weighted by Gasteiger charge is 2.46. The highest BCUT2D eigenvalue weighted by atomic mass is 16.3. The van der Waals surface area contributed by atoms with Gasteiger partial charge in [0.2, 0.25) is 0 Å². The minimum absolute atomic E-state index is 0.00193. The van der Waals surface area contributed by atoms with Crippen LogP contribution in [-0.4, -0.2) is 23.7 Å². The summed E-state index contributed by atoms with van der Waals surface area (Å²) in [5, 5.41) is 21.8. The quantitative estimate of drug-likeness (QED) is 0.300. The average Bonchev–Trinajstić information content (AvgIpc) is 2.76. The second-order valence-electron chi connectivity index (χ2n) is 8.80. The molecule has 1 unspecified atom stereocenters. The lowest BCUT2D eigenvalue weighted by molar-refractivity contribution is -0.112. The number of hydrogen-bond donors (Lipinski definition) is 3. The van der Waals surface area contributed by atoms with E-state index in [0.717, 1.165) is 45.5 Å². The Hall–Kier alpha value is -2.83. The van der Waals surface area contributed by atoms with Gasteiger partial charge in [-0.05, 0) is 105 Å². The zero-order valence-electron chi connectivity index (χ0n) is 19.7. The van der Waals surface area contributed by atoms with Gasteiger partial charge >= 0.3 is 0 Å².